The molecule has 2 nitrogen and oxygen atoms in total. The van der Waals surface area contributed by atoms with E-state index in [4.69, 9.17) is 4.74 Å². The first-order chi connectivity index (χ1) is 8.97. The molecular weight excluding hydrogens is 309 g/mol. The highest BCUT2D eigenvalue weighted by atomic mass is 79.9. The van der Waals surface area contributed by atoms with Crippen LogP contribution in [-0.4, -0.2) is 25.8 Å². The molecule has 0 amide bonds. The lowest BCUT2D eigenvalue weighted by molar-refractivity contribution is 0.00534. The van der Waals surface area contributed by atoms with Crippen molar-refractivity contribution in [1.82, 2.24) is 5.32 Å². The van der Waals surface area contributed by atoms with Gasteiger partial charge in [0.2, 0.25) is 0 Å². The van der Waals surface area contributed by atoms with Crippen LogP contribution in [0.3, 0.4) is 0 Å². The van der Waals surface area contributed by atoms with Crippen LogP contribution in [0.25, 0.3) is 0 Å². The van der Waals surface area contributed by atoms with E-state index < -0.39 is 0 Å². The first-order valence-electron chi connectivity index (χ1n) is 6.71. The maximum atomic E-state index is 13.4. The zero-order valence-electron chi connectivity index (χ0n) is 12.0. The molecule has 0 spiro atoms. The normalized spacial score (nSPS) is 14.7. The van der Waals surface area contributed by atoms with Gasteiger partial charge < -0.3 is 10.1 Å². The average Bonchev–Trinajstić information content (AvgIpc) is 2.32. The fraction of sp³-hybridized carbons (Fsp3) is 0.600. The van der Waals surface area contributed by atoms with Crippen LogP contribution in [-0.2, 0) is 11.2 Å². The highest BCUT2D eigenvalue weighted by Gasteiger charge is 2.24. The molecule has 0 aliphatic heterocycles. The molecular formula is C15H23BrFNO. The maximum Gasteiger partial charge on any atom is 0.124 e. The van der Waals surface area contributed by atoms with Gasteiger partial charge in [0.15, 0.2) is 0 Å². The number of nitrogens with one attached hydrogen (secondary N) is 1. The molecule has 0 aromatic heterocycles. The lowest BCUT2D eigenvalue weighted by Crippen LogP contribution is -2.44. The summed E-state index contributed by atoms with van der Waals surface area (Å²) >= 11 is 3.33. The first kappa shape index (κ1) is 16.6. The van der Waals surface area contributed by atoms with Crippen molar-refractivity contribution >= 4 is 15.9 Å². The minimum Gasteiger partial charge on any atom is -0.377 e. The number of likely N-dealkylation sites (N-methyl/N-ethyl adjacent to an activating group) is 1. The second kappa shape index (κ2) is 7.98. The molecule has 0 fully saturated rings. The average molecular weight is 332 g/mol. The van der Waals surface area contributed by atoms with E-state index in [1.807, 2.05) is 20.0 Å². The molecule has 1 rings (SSSR count). The van der Waals surface area contributed by atoms with Gasteiger partial charge in [0.05, 0.1) is 6.10 Å². The molecule has 0 bridgehead atoms. The molecule has 4 heteroatoms. The molecule has 0 heterocycles. The zero-order chi connectivity index (χ0) is 14.4. The molecule has 2 atom stereocenters. The largest absolute Gasteiger partial charge is 0.377 e. The number of halogens is 2. The van der Waals surface area contributed by atoms with Gasteiger partial charge in [-0.1, -0.05) is 29.8 Å². The van der Waals surface area contributed by atoms with Crippen LogP contribution in [0.2, 0.25) is 0 Å². The van der Waals surface area contributed by atoms with Gasteiger partial charge in [0.1, 0.15) is 5.82 Å². The van der Waals surface area contributed by atoms with E-state index in [0.717, 1.165) is 16.5 Å². The van der Waals surface area contributed by atoms with Gasteiger partial charge in [0, 0.05) is 17.1 Å². The Labute approximate surface area is 123 Å². The first-order valence-corrected chi connectivity index (χ1v) is 7.51. The third kappa shape index (κ3) is 5.21. The molecule has 108 valence electrons. The Kier molecular flexibility index (Phi) is 6.97. The number of benzene rings is 1. The van der Waals surface area contributed by atoms with Crippen LogP contribution in [0.1, 0.15) is 26.3 Å². The van der Waals surface area contributed by atoms with E-state index >= 15 is 0 Å². The Bertz CT molecular complexity index is 377. The van der Waals surface area contributed by atoms with Gasteiger partial charge in [-0.05, 0) is 50.1 Å². The van der Waals surface area contributed by atoms with Crippen molar-refractivity contribution in [3.05, 3.63) is 34.1 Å². The van der Waals surface area contributed by atoms with Gasteiger partial charge in [0.25, 0.3) is 0 Å². The van der Waals surface area contributed by atoms with Crippen molar-refractivity contribution in [3.63, 3.8) is 0 Å². The van der Waals surface area contributed by atoms with Crippen molar-refractivity contribution < 1.29 is 9.13 Å². The third-order valence-corrected chi connectivity index (χ3v) is 3.62. The second-order valence-corrected chi connectivity index (χ2v) is 5.96. The fourth-order valence-electron chi connectivity index (χ4n) is 2.33. The van der Waals surface area contributed by atoms with Crippen LogP contribution in [0.4, 0.5) is 4.39 Å². The summed E-state index contributed by atoms with van der Waals surface area (Å²) in [5.74, 6) is 0.200. The fourth-order valence-corrected chi connectivity index (χ4v) is 2.84. The van der Waals surface area contributed by atoms with Gasteiger partial charge in [-0.2, -0.15) is 0 Å². The Morgan fingerprint density at radius 1 is 1.32 bits per heavy atom. The Morgan fingerprint density at radius 2 is 2.00 bits per heavy atom. The SMILES string of the molecule is CCOC(C(C)C)C(Cc1cc(F)cc(Br)c1)NC. The minimum absolute atomic E-state index is 0.122. The highest BCUT2D eigenvalue weighted by Crippen LogP contribution is 2.19. The predicted molar refractivity (Wildman–Crippen MR) is 80.9 cm³/mol. The van der Waals surface area contributed by atoms with E-state index in [2.05, 4.69) is 35.1 Å². The molecule has 1 aromatic carbocycles. The molecule has 2 unspecified atom stereocenters. The second-order valence-electron chi connectivity index (χ2n) is 5.04. The molecule has 0 aliphatic carbocycles. The van der Waals surface area contributed by atoms with Crippen LogP contribution in [0.15, 0.2) is 22.7 Å². The Hall–Kier alpha value is -0.450. The van der Waals surface area contributed by atoms with Crippen LogP contribution in [0, 0.1) is 11.7 Å². The summed E-state index contributed by atoms with van der Waals surface area (Å²) in [7, 11) is 1.92. The van der Waals surface area contributed by atoms with E-state index in [1.165, 1.54) is 6.07 Å². The summed E-state index contributed by atoms with van der Waals surface area (Å²) in [5.41, 5.74) is 0.969. The van der Waals surface area contributed by atoms with Crippen molar-refractivity contribution in [2.24, 2.45) is 5.92 Å². The number of rotatable bonds is 7. The van der Waals surface area contributed by atoms with Gasteiger partial charge in [-0.3, -0.25) is 0 Å². The zero-order valence-corrected chi connectivity index (χ0v) is 13.6. The Morgan fingerprint density at radius 3 is 2.47 bits per heavy atom. The molecule has 19 heavy (non-hydrogen) atoms. The van der Waals surface area contributed by atoms with E-state index in [9.17, 15) is 4.39 Å². The minimum atomic E-state index is -0.211. The predicted octanol–water partition coefficient (Wildman–Crippen LogP) is 3.78. The van der Waals surface area contributed by atoms with Gasteiger partial charge >= 0.3 is 0 Å². The molecule has 1 N–H and O–H groups in total. The van der Waals surface area contributed by atoms with Gasteiger partial charge in [-0.15, -0.1) is 0 Å². The van der Waals surface area contributed by atoms with E-state index in [1.54, 1.807) is 6.07 Å². The van der Waals surface area contributed by atoms with Crippen molar-refractivity contribution in [1.29, 1.82) is 0 Å². The van der Waals surface area contributed by atoms with Crippen LogP contribution in [0.5, 0.6) is 0 Å². The molecule has 0 saturated heterocycles. The van der Waals surface area contributed by atoms with Crippen molar-refractivity contribution in [3.8, 4) is 0 Å². The smallest absolute Gasteiger partial charge is 0.124 e. The molecule has 0 radical (unpaired) electrons. The molecule has 1 aromatic rings. The standard InChI is InChI=1S/C15H23BrFNO/c1-5-19-15(10(2)3)14(18-4)8-11-6-12(16)9-13(17)7-11/h6-7,9-10,14-15,18H,5,8H2,1-4H3. The number of hydrogen-bond donors (Lipinski definition) is 1. The van der Waals surface area contributed by atoms with Crippen LogP contribution >= 0.6 is 15.9 Å². The number of ether oxygens (including phenoxy) is 1. The Balaban J connectivity index is 2.84. The summed E-state index contributed by atoms with van der Waals surface area (Å²) in [6.07, 6.45) is 0.868. The van der Waals surface area contributed by atoms with Crippen molar-refractivity contribution in [2.45, 2.75) is 39.3 Å². The maximum absolute atomic E-state index is 13.4. The third-order valence-electron chi connectivity index (χ3n) is 3.16. The topological polar surface area (TPSA) is 21.3 Å². The summed E-state index contributed by atoms with van der Waals surface area (Å²) in [6, 6.07) is 5.18. The van der Waals surface area contributed by atoms with Crippen LogP contribution < -0.4 is 5.32 Å². The van der Waals surface area contributed by atoms with Crippen molar-refractivity contribution in [2.75, 3.05) is 13.7 Å². The lowest BCUT2D eigenvalue weighted by Gasteiger charge is -2.30. The summed E-state index contributed by atoms with van der Waals surface area (Å²) in [5, 5.41) is 3.29. The number of hydrogen-bond acceptors (Lipinski definition) is 2. The summed E-state index contributed by atoms with van der Waals surface area (Å²) in [4.78, 5) is 0. The summed E-state index contributed by atoms with van der Waals surface area (Å²) < 4.78 is 20.0. The molecule has 0 aliphatic rings. The lowest BCUT2D eigenvalue weighted by atomic mass is 9.94. The van der Waals surface area contributed by atoms with Gasteiger partial charge in [-0.25, -0.2) is 4.39 Å². The van der Waals surface area contributed by atoms with E-state index in [-0.39, 0.29) is 18.0 Å². The summed E-state index contributed by atoms with van der Waals surface area (Å²) in [6.45, 7) is 6.98. The highest BCUT2D eigenvalue weighted by molar-refractivity contribution is 9.10. The monoisotopic (exact) mass is 331 g/mol. The molecule has 0 saturated carbocycles. The quantitative estimate of drug-likeness (QED) is 0.820. The van der Waals surface area contributed by atoms with E-state index in [0.29, 0.717) is 12.5 Å².